The van der Waals surface area contributed by atoms with E-state index in [4.69, 9.17) is 9.72 Å². The number of aromatic nitrogens is 1. The lowest BCUT2D eigenvalue weighted by atomic mass is 10.1. The molecule has 1 saturated heterocycles. The van der Waals surface area contributed by atoms with Crippen molar-refractivity contribution in [3.8, 4) is 5.75 Å². The highest BCUT2D eigenvalue weighted by Gasteiger charge is 2.32. The number of halogens is 1. The van der Waals surface area contributed by atoms with Crippen molar-refractivity contribution in [1.29, 1.82) is 0 Å². The summed E-state index contributed by atoms with van der Waals surface area (Å²) >= 11 is 0. The lowest BCUT2D eigenvalue weighted by Gasteiger charge is -2.25. The molecule has 1 aliphatic heterocycles. The van der Waals surface area contributed by atoms with Gasteiger partial charge < -0.3 is 14.5 Å². The van der Waals surface area contributed by atoms with Gasteiger partial charge in [-0.3, -0.25) is 9.78 Å². The second-order valence-corrected chi connectivity index (χ2v) is 6.80. The van der Waals surface area contributed by atoms with E-state index in [-0.39, 0.29) is 17.7 Å². The van der Waals surface area contributed by atoms with Gasteiger partial charge in [-0.1, -0.05) is 6.07 Å². The van der Waals surface area contributed by atoms with Crippen molar-refractivity contribution >= 4 is 5.91 Å². The van der Waals surface area contributed by atoms with Gasteiger partial charge in [0.2, 0.25) is 0 Å². The summed E-state index contributed by atoms with van der Waals surface area (Å²) < 4.78 is 18.9. The molecule has 0 bridgehead atoms. The fraction of sp³-hybridized carbons (Fsp3) is 0.400. The summed E-state index contributed by atoms with van der Waals surface area (Å²) in [6, 6.07) is 10.2. The molecule has 2 heterocycles. The molecule has 6 heteroatoms. The number of hydrogen-bond donors (Lipinski definition) is 0. The molecular formula is C20H24FN3O2. The van der Waals surface area contributed by atoms with E-state index in [0.717, 1.165) is 30.8 Å². The molecule has 0 N–H and O–H groups in total. The second-order valence-electron chi connectivity index (χ2n) is 6.80. The summed E-state index contributed by atoms with van der Waals surface area (Å²) in [5.74, 6) is -0.563. The fourth-order valence-corrected chi connectivity index (χ4v) is 3.38. The normalized spacial score (nSPS) is 17.0. The van der Waals surface area contributed by atoms with Gasteiger partial charge in [-0.2, -0.15) is 0 Å². The monoisotopic (exact) mass is 357 g/mol. The molecule has 138 valence electrons. The first-order valence-corrected chi connectivity index (χ1v) is 8.74. The number of nitrogens with zero attached hydrogens (tertiary/aromatic N) is 3. The zero-order chi connectivity index (χ0) is 18.7. The topological polar surface area (TPSA) is 45.7 Å². The van der Waals surface area contributed by atoms with E-state index in [1.807, 2.05) is 32.3 Å². The highest BCUT2D eigenvalue weighted by Crippen LogP contribution is 2.32. The molecule has 1 fully saturated rings. The van der Waals surface area contributed by atoms with Crippen molar-refractivity contribution in [3.63, 3.8) is 0 Å². The van der Waals surface area contributed by atoms with Crippen molar-refractivity contribution in [3.05, 3.63) is 59.2 Å². The average Bonchev–Trinajstić information content (AvgIpc) is 3.10. The highest BCUT2D eigenvalue weighted by atomic mass is 19.1. The summed E-state index contributed by atoms with van der Waals surface area (Å²) in [7, 11) is 5.40. The van der Waals surface area contributed by atoms with Crippen molar-refractivity contribution < 1.29 is 13.9 Å². The van der Waals surface area contributed by atoms with Crippen LogP contribution < -0.4 is 4.74 Å². The van der Waals surface area contributed by atoms with Crippen LogP contribution in [0.5, 0.6) is 5.75 Å². The van der Waals surface area contributed by atoms with E-state index < -0.39 is 5.82 Å². The standard InChI is InChI=1S/C20H24FN3O2/c1-23(2)13-15-6-4-7-17(22-15)18-8-5-11-24(18)20(25)14-9-10-19(26-3)16(21)12-14/h4,6-7,9-10,12,18H,5,8,11,13H2,1-3H3. The first kappa shape index (κ1) is 18.3. The maximum Gasteiger partial charge on any atom is 0.254 e. The number of benzene rings is 1. The van der Waals surface area contributed by atoms with Crippen LogP contribution >= 0.6 is 0 Å². The van der Waals surface area contributed by atoms with Crippen LogP contribution in [0.2, 0.25) is 0 Å². The zero-order valence-electron chi connectivity index (χ0n) is 15.4. The zero-order valence-corrected chi connectivity index (χ0v) is 15.4. The third-order valence-electron chi connectivity index (χ3n) is 4.56. The van der Waals surface area contributed by atoms with Gasteiger partial charge in [0, 0.05) is 18.7 Å². The Kier molecular flexibility index (Phi) is 5.52. The number of methoxy groups -OCH3 is 1. The molecule has 2 aromatic rings. The number of hydrogen-bond acceptors (Lipinski definition) is 4. The Morgan fingerprint density at radius 3 is 2.85 bits per heavy atom. The third-order valence-corrected chi connectivity index (χ3v) is 4.56. The lowest BCUT2D eigenvalue weighted by molar-refractivity contribution is 0.0732. The van der Waals surface area contributed by atoms with E-state index >= 15 is 0 Å². The van der Waals surface area contributed by atoms with Crippen LogP contribution in [0, 0.1) is 5.82 Å². The number of carbonyl (C=O) groups is 1. The number of pyridine rings is 1. The number of rotatable bonds is 5. The number of carbonyl (C=O) groups excluding carboxylic acids is 1. The Bertz CT molecular complexity index is 794. The van der Waals surface area contributed by atoms with Crippen LogP contribution in [-0.4, -0.2) is 48.4 Å². The minimum atomic E-state index is -0.528. The molecule has 0 radical (unpaired) electrons. The van der Waals surface area contributed by atoms with Crippen molar-refractivity contribution in [2.75, 3.05) is 27.7 Å². The van der Waals surface area contributed by atoms with Crippen LogP contribution in [0.1, 0.15) is 40.6 Å². The fourth-order valence-electron chi connectivity index (χ4n) is 3.38. The Morgan fingerprint density at radius 2 is 2.15 bits per heavy atom. The van der Waals surface area contributed by atoms with Crippen molar-refractivity contribution in [2.24, 2.45) is 0 Å². The van der Waals surface area contributed by atoms with Gasteiger partial charge in [-0.25, -0.2) is 4.39 Å². The molecule has 5 nitrogen and oxygen atoms in total. The molecule has 1 aliphatic rings. The second kappa shape index (κ2) is 7.83. The summed E-state index contributed by atoms with van der Waals surface area (Å²) in [4.78, 5) is 21.5. The van der Waals surface area contributed by atoms with E-state index in [1.54, 1.807) is 11.0 Å². The SMILES string of the molecule is COc1ccc(C(=O)N2CCCC2c2cccc(CN(C)C)n2)cc1F. The molecular weight excluding hydrogens is 333 g/mol. The highest BCUT2D eigenvalue weighted by molar-refractivity contribution is 5.94. The van der Waals surface area contributed by atoms with E-state index in [0.29, 0.717) is 12.1 Å². The lowest BCUT2D eigenvalue weighted by Crippen LogP contribution is -2.31. The largest absolute Gasteiger partial charge is 0.494 e. The van der Waals surface area contributed by atoms with Gasteiger partial charge >= 0.3 is 0 Å². The predicted molar refractivity (Wildman–Crippen MR) is 97.6 cm³/mol. The molecule has 1 unspecified atom stereocenters. The first-order valence-electron chi connectivity index (χ1n) is 8.74. The molecule has 1 aromatic heterocycles. The Hall–Kier alpha value is -2.47. The van der Waals surface area contributed by atoms with Gasteiger partial charge in [0.15, 0.2) is 11.6 Å². The Morgan fingerprint density at radius 1 is 1.35 bits per heavy atom. The summed E-state index contributed by atoms with van der Waals surface area (Å²) in [5.41, 5.74) is 2.20. The molecule has 0 spiro atoms. The van der Waals surface area contributed by atoms with Gasteiger partial charge in [0.1, 0.15) is 0 Å². The van der Waals surface area contributed by atoms with Gasteiger partial charge in [0.25, 0.3) is 5.91 Å². The molecule has 1 amide bonds. The predicted octanol–water partition coefficient (Wildman–Crippen LogP) is 3.27. The van der Waals surface area contributed by atoms with Crippen LogP contribution in [0.3, 0.4) is 0 Å². The van der Waals surface area contributed by atoms with Gasteiger partial charge in [-0.05, 0) is 57.3 Å². The molecule has 3 rings (SSSR count). The maximum absolute atomic E-state index is 14.0. The first-order chi connectivity index (χ1) is 12.5. The number of ether oxygens (including phenoxy) is 1. The van der Waals surface area contributed by atoms with Crippen LogP contribution in [0.15, 0.2) is 36.4 Å². The average molecular weight is 357 g/mol. The van der Waals surface area contributed by atoms with E-state index in [9.17, 15) is 9.18 Å². The molecule has 1 aromatic carbocycles. The minimum absolute atomic E-state index is 0.0743. The Labute approximate surface area is 153 Å². The smallest absolute Gasteiger partial charge is 0.254 e. The Balaban J connectivity index is 1.84. The summed E-state index contributed by atoms with van der Waals surface area (Å²) in [5, 5.41) is 0. The minimum Gasteiger partial charge on any atom is -0.494 e. The van der Waals surface area contributed by atoms with Gasteiger partial charge in [0.05, 0.1) is 24.5 Å². The van der Waals surface area contributed by atoms with Crippen LogP contribution in [-0.2, 0) is 6.54 Å². The molecule has 0 saturated carbocycles. The van der Waals surface area contributed by atoms with Gasteiger partial charge in [-0.15, -0.1) is 0 Å². The molecule has 26 heavy (non-hydrogen) atoms. The number of likely N-dealkylation sites (tertiary alicyclic amines) is 1. The van der Waals surface area contributed by atoms with Crippen molar-refractivity contribution in [2.45, 2.75) is 25.4 Å². The van der Waals surface area contributed by atoms with Crippen LogP contribution in [0.25, 0.3) is 0 Å². The number of amides is 1. The van der Waals surface area contributed by atoms with E-state index in [1.165, 1.54) is 19.2 Å². The van der Waals surface area contributed by atoms with Crippen LogP contribution in [0.4, 0.5) is 4.39 Å². The molecule has 0 aliphatic carbocycles. The quantitative estimate of drug-likeness (QED) is 0.824. The van der Waals surface area contributed by atoms with Crippen molar-refractivity contribution in [1.82, 2.24) is 14.8 Å². The summed E-state index contributed by atoms with van der Waals surface area (Å²) in [6.07, 6.45) is 1.78. The maximum atomic E-state index is 14.0. The van der Waals surface area contributed by atoms with E-state index in [2.05, 4.69) is 4.90 Å². The third kappa shape index (κ3) is 3.85. The molecule has 1 atom stereocenters. The summed E-state index contributed by atoms with van der Waals surface area (Å²) in [6.45, 7) is 1.40.